The van der Waals surface area contributed by atoms with E-state index in [1.165, 1.54) is 6.07 Å². The lowest BCUT2D eigenvalue weighted by atomic mass is 10.2. The predicted octanol–water partition coefficient (Wildman–Crippen LogP) is 2.25. The van der Waals surface area contributed by atoms with E-state index in [1.54, 1.807) is 36.3 Å². The van der Waals surface area contributed by atoms with Crippen molar-refractivity contribution >= 4 is 27.5 Å². The minimum Gasteiger partial charge on any atom is -0.507 e. The predicted molar refractivity (Wildman–Crippen MR) is 77.9 cm³/mol. The van der Waals surface area contributed by atoms with Gasteiger partial charge in [0.1, 0.15) is 5.75 Å². The van der Waals surface area contributed by atoms with Crippen molar-refractivity contribution in [3.05, 3.63) is 40.6 Å². The van der Waals surface area contributed by atoms with E-state index in [0.29, 0.717) is 28.9 Å². The number of nitrogens with zero attached hydrogens (tertiary/aromatic N) is 2. The van der Waals surface area contributed by atoms with Crippen molar-refractivity contribution in [2.45, 2.75) is 6.54 Å². The number of hydrogen-bond acceptors (Lipinski definition) is 4. The number of aromatic nitrogens is 2. The number of phenolic OH excluding ortho intramolecular Hbond substituents is 1. The summed E-state index contributed by atoms with van der Waals surface area (Å²) in [6.45, 7) is 1.17. The highest BCUT2D eigenvalue weighted by molar-refractivity contribution is 9.10. The highest BCUT2D eigenvalue weighted by Gasteiger charge is 2.09. The molecule has 106 valence electrons. The van der Waals surface area contributed by atoms with Crippen LogP contribution in [-0.2, 0) is 11.3 Å². The van der Waals surface area contributed by atoms with Gasteiger partial charge in [0.15, 0.2) is 0 Å². The molecule has 0 radical (unpaired) electrons. The molecule has 0 saturated carbocycles. The van der Waals surface area contributed by atoms with Gasteiger partial charge in [-0.1, -0.05) is 0 Å². The minimum atomic E-state index is -0.306. The van der Waals surface area contributed by atoms with Crippen molar-refractivity contribution in [1.29, 1.82) is 0 Å². The molecular formula is C13H14BrN3O3. The summed E-state index contributed by atoms with van der Waals surface area (Å²) in [5.74, 6) is -0.285. The summed E-state index contributed by atoms with van der Waals surface area (Å²) in [5.41, 5.74) is 0.962. The van der Waals surface area contributed by atoms with Crippen LogP contribution < -0.4 is 5.32 Å². The van der Waals surface area contributed by atoms with Gasteiger partial charge >= 0.3 is 0 Å². The maximum Gasteiger partial charge on any atom is 0.255 e. The fraction of sp³-hybridized carbons (Fsp3) is 0.231. The van der Waals surface area contributed by atoms with E-state index in [0.717, 1.165) is 0 Å². The summed E-state index contributed by atoms with van der Waals surface area (Å²) < 4.78 is 7.17. The van der Waals surface area contributed by atoms with Gasteiger partial charge < -0.3 is 15.2 Å². The number of methoxy groups -OCH3 is 1. The van der Waals surface area contributed by atoms with Crippen molar-refractivity contribution < 1.29 is 14.6 Å². The Morgan fingerprint density at radius 3 is 3.05 bits per heavy atom. The average Bonchev–Trinajstić information content (AvgIpc) is 2.87. The zero-order chi connectivity index (χ0) is 14.5. The fourth-order valence-corrected chi connectivity index (χ4v) is 1.84. The molecule has 0 aliphatic rings. The molecule has 2 aromatic rings. The van der Waals surface area contributed by atoms with Crippen LogP contribution in [0, 0.1) is 0 Å². The average molecular weight is 340 g/mol. The number of anilines is 1. The first-order valence-corrected chi connectivity index (χ1v) is 6.70. The molecule has 2 N–H and O–H groups in total. The largest absolute Gasteiger partial charge is 0.507 e. The summed E-state index contributed by atoms with van der Waals surface area (Å²) in [6, 6.07) is 4.63. The molecule has 0 saturated heterocycles. The van der Waals surface area contributed by atoms with Crippen molar-refractivity contribution in [3.63, 3.8) is 0 Å². The number of halogens is 1. The molecule has 0 spiro atoms. The van der Waals surface area contributed by atoms with Crippen LogP contribution in [0.1, 0.15) is 10.4 Å². The first kappa shape index (κ1) is 14.5. The van der Waals surface area contributed by atoms with E-state index in [-0.39, 0.29) is 11.7 Å². The van der Waals surface area contributed by atoms with Crippen LogP contribution in [0.15, 0.2) is 35.1 Å². The molecule has 0 fully saturated rings. The Hall–Kier alpha value is -1.86. The van der Waals surface area contributed by atoms with E-state index in [4.69, 9.17) is 4.74 Å². The Morgan fingerprint density at radius 2 is 2.35 bits per heavy atom. The molecule has 2 rings (SSSR count). The smallest absolute Gasteiger partial charge is 0.255 e. The van der Waals surface area contributed by atoms with Crippen LogP contribution in [0.25, 0.3) is 0 Å². The van der Waals surface area contributed by atoms with Crippen LogP contribution in [0.2, 0.25) is 0 Å². The number of carbonyl (C=O) groups is 1. The van der Waals surface area contributed by atoms with Crippen LogP contribution in [0.3, 0.4) is 0 Å². The number of rotatable bonds is 5. The van der Waals surface area contributed by atoms with E-state index in [1.807, 2.05) is 0 Å². The number of aromatic hydroxyl groups is 1. The molecule has 6 nitrogen and oxygen atoms in total. The molecule has 0 bridgehead atoms. The van der Waals surface area contributed by atoms with Gasteiger partial charge in [-0.2, -0.15) is 5.10 Å². The van der Waals surface area contributed by atoms with Gasteiger partial charge in [0, 0.05) is 18.9 Å². The lowest BCUT2D eigenvalue weighted by Crippen LogP contribution is -2.11. The Kier molecular flexibility index (Phi) is 4.75. The minimum absolute atomic E-state index is 0.0217. The molecule has 1 aromatic heterocycles. The van der Waals surface area contributed by atoms with Gasteiger partial charge in [0.25, 0.3) is 5.91 Å². The summed E-state index contributed by atoms with van der Waals surface area (Å²) in [7, 11) is 1.62. The Bertz CT molecular complexity index is 613. The number of nitrogens with one attached hydrogen (secondary N) is 1. The number of ether oxygens (including phenoxy) is 1. The van der Waals surface area contributed by atoms with Crippen molar-refractivity contribution in [3.8, 4) is 5.75 Å². The van der Waals surface area contributed by atoms with Crippen molar-refractivity contribution in [1.82, 2.24) is 9.78 Å². The second kappa shape index (κ2) is 6.53. The van der Waals surface area contributed by atoms with Gasteiger partial charge in [-0.25, -0.2) is 0 Å². The second-order valence-electron chi connectivity index (χ2n) is 4.11. The Balaban J connectivity index is 2.03. The Labute approximate surface area is 124 Å². The normalized spacial score (nSPS) is 10.5. The topological polar surface area (TPSA) is 76.4 Å². The Morgan fingerprint density at radius 1 is 1.55 bits per heavy atom. The fourth-order valence-electron chi connectivity index (χ4n) is 1.59. The van der Waals surface area contributed by atoms with Gasteiger partial charge in [-0.05, 0) is 34.1 Å². The molecule has 0 atom stereocenters. The molecule has 20 heavy (non-hydrogen) atoms. The molecule has 0 aliphatic carbocycles. The van der Waals surface area contributed by atoms with E-state index in [2.05, 4.69) is 26.3 Å². The maximum atomic E-state index is 12.0. The first-order valence-electron chi connectivity index (χ1n) is 5.91. The monoisotopic (exact) mass is 339 g/mol. The number of amides is 1. The van der Waals surface area contributed by atoms with Gasteiger partial charge in [0.2, 0.25) is 0 Å². The van der Waals surface area contributed by atoms with Crippen LogP contribution in [-0.4, -0.2) is 34.5 Å². The lowest BCUT2D eigenvalue weighted by Gasteiger charge is -2.04. The molecule has 1 aromatic carbocycles. The molecular weight excluding hydrogens is 326 g/mol. The maximum absolute atomic E-state index is 12.0. The van der Waals surface area contributed by atoms with E-state index >= 15 is 0 Å². The highest BCUT2D eigenvalue weighted by Crippen LogP contribution is 2.24. The summed E-state index contributed by atoms with van der Waals surface area (Å²) in [6.07, 6.45) is 3.28. The highest BCUT2D eigenvalue weighted by atomic mass is 79.9. The molecule has 7 heteroatoms. The van der Waals surface area contributed by atoms with Crippen LogP contribution >= 0.6 is 15.9 Å². The first-order chi connectivity index (χ1) is 9.60. The van der Waals surface area contributed by atoms with Crippen LogP contribution in [0.4, 0.5) is 5.69 Å². The molecule has 1 amide bonds. The third kappa shape index (κ3) is 3.58. The van der Waals surface area contributed by atoms with Gasteiger partial charge in [0.05, 0.1) is 29.5 Å². The SMILES string of the molecule is COCCn1cc(NC(=O)c2ccc(Br)c(O)c2)cn1. The van der Waals surface area contributed by atoms with E-state index < -0.39 is 0 Å². The second-order valence-corrected chi connectivity index (χ2v) is 4.96. The van der Waals surface area contributed by atoms with Gasteiger partial charge in [-0.15, -0.1) is 0 Å². The zero-order valence-corrected chi connectivity index (χ0v) is 12.4. The standard InChI is InChI=1S/C13H14BrN3O3/c1-20-5-4-17-8-10(7-15-17)16-13(19)9-2-3-11(14)12(18)6-9/h2-3,6-8,18H,4-5H2,1H3,(H,16,19). The van der Waals surface area contributed by atoms with E-state index in [9.17, 15) is 9.90 Å². The third-order valence-electron chi connectivity index (χ3n) is 2.62. The third-order valence-corrected chi connectivity index (χ3v) is 3.29. The summed E-state index contributed by atoms with van der Waals surface area (Å²) >= 11 is 3.17. The van der Waals surface area contributed by atoms with Crippen LogP contribution in [0.5, 0.6) is 5.75 Å². The number of phenols is 1. The quantitative estimate of drug-likeness (QED) is 0.875. The van der Waals surface area contributed by atoms with Crippen molar-refractivity contribution in [2.75, 3.05) is 19.0 Å². The van der Waals surface area contributed by atoms with Gasteiger partial charge in [-0.3, -0.25) is 9.48 Å². The van der Waals surface area contributed by atoms with Crippen molar-refractivity contribution in [2.24, 2.45) is 0 Å². The number of hydrogen-bond donors (Lipinski definition) is 2. The number of carbonyl (C=O) groups excluding carboxylic acids is 1. The number of benzene rings is 1. The molecule has 0 aliphatic heterocycles. The zero-order valence-electron chi connectivity index (χ0n) is 10.8. The molecule has 1 heterocycles. The summed E-state index contributed by atoms with van der Waals surface area (Å²) in [5, 5.41) is 16.4. The summed E-state index contributed by atoms with van der Waals surface area (Å²) in [4.78, 5) is 12.0. The molecule has 0 unspecified atom stereocenters. The lowest BCUT2D eigenvalue weighted by molar-refractivity contribution is 0.102.